The molecule has 0 spiro atoms. The molecule has 0 atom stereocenters. The molecule has 0 saturated carbocycles. The van der Waals surface area contributed by atoms with Crippen LogP contribution in [0.2, 0.25) is 0 Å². The molecule has 4 heteroatoms. The van der Waals surface area contributed by atoms with Crippen LogP contribution in [-0.2, 0) is 5.88 Å². The molecule has 2 rings (SSSR count). The van der Waals surface area contributed by atoms with Gasteiger partial charge in [0.05, 0.1) is 11.6 Å². The van der Waals surface area contributed by atoms with Crippen LogP contribution >= 0.6 is 11.6 Å². The van der Waals surface area contributed by atoms with Crippen LogP contribution in [0.4, 0.5) is 6.01 Å². The van der Waals surface area contributed by atoms with Gasteiger partial charge in [-0.05, 0) is 18.3 Å². The maximum absolute atomic E-state index is 5.73. The van der Waals surface area contributed by atoms with Gasteiger partial charge in [0.1, 0.15) is 6.26 Å². The lowest BCUT2D eigenvalue weighted by Gasteiger charge is -2.40. The van der Waals surface area contributed by atoms with Gasteiger partial charge in [0.2, 0.25) is 0 Å². The topological polar surface area (TPSA) is 29.3 Å². The Morgan fingerprint density at radius 3 is 2.47 bits per heavy atom. The van der Waals surface area contributed by atoms with Crippen LogP contribution in [0.15, 0.2) is 10.7 Å². The standard InChI is InChI=1S/C13H21ClN2O/c1-3-13(4-2)5-7-16(8-6-13)12-15-11(9-14)10-17-12/h10H,3-9H2,1-2H3. The summed E-state index contributed by atoms with van der Waals surface area (Å²) in [6, 6.07) is 0.737. The van der Waals surface area contributed by atoms with Gasteiger partial charge >= 0.3 is 0 Å². The molecular weight excluding hydrogens is 236 g/mol. The fourth-order valence-electron chi connectivity index (χ4n) is 2.63. The molecule has 2 heterocycles. The Balaban J connectivity index is 1.99. The fourth-order valence-corrected chi connectivity index (χ4v) is 2.76. The van der Waals surface area contributed by atoms with Crippen LogP contribution in [0.5, 0.6) is 0 Å². The van der Waals surface area contributed by atoms with E-state index in [0.29, 0.717) is 11.3 Å². The fraction of sp³-hybridized carbons (Fsp3) is 0.769. The van der Waals surface area contributed by atoms with Crippen molar-refractivity contribution in [3.63, 3.8) is 0 Å². The number of rotatable bonds is 4. The predicted octanol–water partition coefficient (Wildman–Crippen LogP) is 3.82. The minimum absolute atomic E-state index is 0.422. The smallest absolute Gasteiger partial charge is 0.297 e. The second-order valence-electron chi connectivity index (χ2n) is 4.95. The third kappa shape index (κ3) is 2.59. The third-order valence-corrected chi connectivity index (χ3v) is 4.54. The second kappa shape index (κ2) is 5.30. The highest BCUT2D eigenvalue weighted by molar-refractivity contribution is 6.16. The van der Waals surface area contributed by atoms with Crippen molar-refractivity contribution in [1.29, 1.82) is 0 Å². The molecule has 1 aromatic rings. The molecule has 0 amide bonds. The molecule has 0 radical (unpaired) electrons. The first-order valence-corrected chi connectivity index (χ1v) is 7.02. The highest BCUT2D eigenvalue weighted by Gasteiger charge is 2.32. The van der Waals surface area contributed by atoms with Crippen LogP contribution in [0.25, 0.3) is 0 Å². The van der Waals surface area contributed by atoms with Crippen LogP contribution in [0, 0.1) is 5.41 Å². The number of piperidine rings is 1. The van der Waals surface area contributed by atoms with Gasteiger partial charge in [0.25, 0.3) is 6.01 Å². The molecule has 1 aliphatic heterocycles. The lowest BCUT2D eigenvalue weighted by Crippen LogP contribution is -2.39. The lowest BCUT2D eigenvalue weighted by molar-refractivity contribution is 0.196. The van der Waals surface area contributed by atoms with Crippen molar-refractivity contribution >= 4 is 17.6 Å². The first-order chi connectivity index (χ1) is 8.23. The number of anilines is 1. The molecular formula is C13H21ClN2O. The number of alkyl halides is 1. The number of aromatic nitrogens is 1. The van der Waals surface area contributed by atoms with E-state index in [0.717, 1.165) is 24.8 Å². The zero-order valence-electron chi connectivity index (χ0n) is 10.7. The van der Waals surface area contributed by atoms with Crippen LogP contribution < -0.4 is 4.90 Å². The first-order valence-electron chi connectivity index (χ1n) is 6.48. The average molecular weight is 257 g/mol. The predicted molar refractivity (Wildman–Crippen MR) is 70.5 cm³/mol. The Labute approximate surface area is 108 Å². The Morgan fingerprint density at radius 1 is 1.35 bits per heavy atom. The van der Waals surface area contributed by atoms with E-state index in [2.05, 4.69) is 23.7 Å². The lowest BCUT2D eigenvalue weighted by atomic mass is 9.74. The monoisotopic (exact) mass is 256 g/mol. The summed E-state index contributed by atoms with van der Waals surface area (Å²) >= 11 is 5.73. The summed E-state index contributed by atoms with van der Waals surface area (Å²) in [5, 5.41) is 0. The highest BCUT2D eigenvalue weighted by Crippen LogP contribution is 2.38. The molecule has 3 nitrogen and oxygen atoms in total. The van der Waals surface area contributed by atoms with Crippen LogP contribution in [-0.4, -0.2) is 18.1 Å². The minimum Gasteiger partial charge on any atom is -0.432 e. The summed E-state index contributed by atoms with van der Waals surface area (Å²) in [5.74, 6) is 0.422. The quantitative estimate of drug-likeness (QED) is 0.767. The Morgan fingerprint density at radius 2 is 2.00 bits per heavy atom. The zero-order valence-corrected chi connectivity index (χ0v) is 11.5. The number of nitrogens with zero attached hydrogens (tertiary/aromatic N) is 2. The molecule has 0 bridgehead atoms. The van der Waals surface area contributed by atoms with E-state index in [4.69, 9.17) is 16.0 Å². The van der Waals surface area contributed by atoms with Crippen LogP contribution in [0.3, 0.4) is 0 Å². The molecule has 0 unspecified atom stereocenters. The molecule has 1 saturated heterocycles. The number of hydrogen-bond donors (Lipinski definition) is 0. The van der Waals surface area contributed by atoms with E-state index in [9.17, 15) is 0 Å². The normalized spacial score (nSPS) is 19.6. The summed E-state index contributed by atoms with van der Waals surface area (Å²) in [6.07, 6.45) is 6.67. The molecule has 0 aromatic carbocycles. The van der Waals surface area contributed by atoms with Crippen LogP contribution in [0.1, 0.15) is 45.2 Å². The van der Waals surface area contributed by atoms with Gasteiger partial charge in [0.15, 0.2) is 0 Å². The van der Waals surface area contributed by atoms with E-state index >= 15 is 0 Å². The number of halogens is 1. The maximum atomic E-state index is 5.73. The molecule has 1 aliphatic rings. The first kappa shape index (κ1) is 12.7. The largest absolute Gasteiger partial charge is 0.432 e. The van der Waals surface area contributed by atoms with Crippen molar-refractivity contribution in [2.24, 2.45) is 5.41 Å². The van der Waals surface area contributed by atoms with Gasteiger partial charge in [-0.2, -0.15) is 4.98 Å². The van der Waals surface area contributed by atoms with Crippen molar-refractivity contribution in [3.05, 3.63) is 12.0 Å². The van der Waals surface area contributed by atoms with Gasteiger partial charge in [-0.25, -0.2) is 0 Å². The number of hydrogen-bond acceptors (Lipinski definition) is 3. The minimum atomic E-state index is 0.422. The molecule has 0 aliphatic carbocycles. The Kier molecular flexibility index (Phi) is 3.97. The van der Waals surface area contributed by atoms with Crippen molar-refractivity contribution < 1.29 is 4.42 Å². The van der Waals surface area contributed by atoms with Crippen molar-refractivity contribution in [1.82, 2.24) is 4.98 Å². The van der Waals surface area contributed by atoms with Crippen molar-refractivity contribution in [3.8, 4) is 0 Å². The Bertz CT molecular complexity index is 350. The molecule has 17 heavy (non-hydrogen) atoms. The number of oxazole rings is 1. The third-order valence-electron chi connectivity index (χ3n) is 4.27. The summed E-state index contributed by atoms with van der Waals surface area (Å²) in [6.45, 7) is 6.69. The maximum Gasteiger partial charge on any atom is 0.297 e. The van der Waals surface area contributed by atoms with E-state index in [1.807, 2.05) is 0 Å². The van der Waals surface area contributed by atoms with Gasteiger partial charge in [-0.1, -0.05) is 26.7 Å². The SMILES string of the molecule is CCC1(CC)CCN(c2nc(CCl)co2)CC1. The van der Waals surface area contributed by atoms with Gasteiger partial charge < -0.3 is 9.32 Å². The van der Waals surface area contributed by atoms with Crippen molar-refractivity contribution in [2.45, 2.75) is 45.4 Å². The molecule has 1 fully saturated rings. The zero-order chi connectivity index (χ0) is 12.3. The summed E-state index contributed by atoms with van der Waals surface area (Å²) in [7, 11) is 0. The van der Waals surface area contributed by atoms with E-state index < -0.39 is 0 Å². The van der Waals surface area contributed by atoms with Gasteiger partial charge in [-0.3, -0.25) is 0 Å². The summed E-state index contributed by atoms with van der Waals surface area (Å²) < 4.78 is 5.46. The van der Waals surface area contributed by atoms with E-state index in [1.54, 1.807) is 6.26 Å². The molecule has 0 N–H and O–H groups in total. The summed E-state index contributed by atoms with van der Waals surface area (Å²) in [4.78, 5) is 6.61. The second-order valence-corrected chi connectivity index (χ2v) is 5.22. The van der Waals surface area contributed by atoms with Gasteiger partial charge in [0, 0.05) is 13.1 Å². The van der Waals surface area contributed by atoms with E-state index in [-0.39, 0.29) is 0 Å². The van der Waals surface area contributed by atoms with Crippen molar-refractivity contribution in [2.75, 3.05) is 18.0 Å². The molecule has 96 valence electrons. The summed E-state index contributed by atoms with van der Waals surface area (Å²) in [5.41, 5.74) is 1.36. The molecule has 1 aromatic heterocycles. The van der Waals surface area contributed by atoms with Gasteiger partial charge in [-0.15, -0.1) is 11.6 Å². The average Bonchev–Trinajstić information content (AvgIpc) is 2.87. The highest BCUT2D eigenvalue weighted by atomic mass is 35.5. The van der Waals surface area contributed by atoms with E-state index in [1.165, 1.54) is 25.7 Å². The Hall–Kier alpha value is -0.700.